The molecule has 3 rings (SSSR count). The molecule has 21 heavy (non-hydrogen) atoms. The summed E-state index contributed by atoms with van der Waals surface area (Å²) in [6.45, 7) is 0. The number of nitrogens with zero attached hydrogens (tertiary/aromatic N) is 1. The lowest BCUT2D eigenvalue weighted by atomic mass is 10.2. The van der Waals surface area contributed by atoms with Gasteiger partial charge >= 0.3 is 0 Å². The Balaban J connectivity index is 1.66. The van der Waals surface area contributed by atoms with Crippen LogP contribution in [0, 0.1) is 0 Å². The van der Waals surface area contributed by atoms with Crippen LogP contribution < -0.4 is 10.2 Å². The summed E-state index contributed by atoms with van der Waals surface area (Å²) in [6, 6.07) is 9.51. The number of para-hydroxylation sites is 1. The van der Waals surface area contributed by atoms with Gasteiger partial charge in [0, 0.05) is 10.4 Å². The van der Waals surface area contributed by atoms with Crippen molar-refractivity contribution in [1.82, 2.24) is 5.43 Å². The Hall–Kier alpha value is -2.14. The van der Waals surface area contributed by atoms with Crippen LogP contribution in [0.25, 0.3) is 0 Å². The summed E-state index contributed by atoms with van der Waals surface area (Å²) in [5.41, 5.74) is 4.72. The van der Waals surface area contributed by atoms with E-state index < -0.39 is 0 Å². The Morgan fingerprint density at radius 2 is 2.24 bits per heavy atom. The van der Waals surface area contributed by atoms with Gasteiger partial charge < -0.3 is 4.74 Å². The van der Waals surface area contributed by atoms with Gasteiger partial charge in [-0.2, -0.15) is 5.10 Å². The molecule has 1 aliphatic carbocycles. The first kappa shape index (κ1) is 13.8. The fourth-order valence-corrected chi connectivity index (χ4v) is 3.57. The first-order valence-electron chi connectivity index (χ1n) is 6.86. The normalized spacial score (nSPS) is 13.4. The van der Waals surface area contributed by atoms with E-state index >= 15 is 0 Å². The van der Waals surface area contributed by atoms with E-state index in [1.165, 1.54) is 16.9 Å². The molecule has 0 fully saturated rings. The molecular formula is C16H16N2O2S. The molecule has 2 aromatic rings. The quantitative estimate of drug-likeness (QED) is 0.697. The molecular weight excluding hydrogens is 284 g/mol. The van der Waals surface area contributed by atoms with Crippen molar-refractivity contribution in [2.75, 3.05) is 7.11 Å². The molecule has 0 saturated heterocycles. The maximum absolute atomic E-state index is 12.0. The van der Waals surface area contributed by atoms with Gasteiger partial charge in [-0.05, 0) is 43.0 Å². The third kappa shape index (κ3) is 2.97. The first-order valence-corrected chi connectivity index (χ1v) is 7.67. The van der Waals surface area contributed by atoms with E-state index in [-0.39, 0.29) is 5.91 Å². The minimum absolute atomic E-state index is 0.152. The zero-order chi connectivity index (χ0) is 14.7. The lowest BCUT2D eigenvalue weighted by Gasteiger charge is -2.02. The monoisotopic (exact) mass is 300 g/mol. The van der Waals surface area contributed by atoms with Gasteiger partial charge in [-0.1, -0.05) is 12.1 Å². The van der Waals surface area contributed by atoms with Crippen LogP contribution >= 0.6 is 11.3 Å². The van der Waals surface area contributed by atoms with Crippen molar-refractivity contribution in [3.63, 3.8) is 0 Å². The molecule has 1 amide bonds. The van der Waals surface area contributed by atoms with Gasteiger partial charge in [0.25, 0.3) is 5.91 Å². The molecule has 0 atom stereocenters. The highest BCUT2D eigenvalue weighted by molar-refractivity contribution is 7.14. The molecule has 0 bridgehead atoms. The molecule has 0 radical (unpaired) electrons. The molecule has 108 valence electrons. The van der Waals surface area contributed by atoms with Gasteiger partial charge in [-0.3, -0.25) is 4.79 Å². The maximum atomic E-state index is 12.0. The Morgan fingerprint density at radius 3 is 3.05 bits per heavy atom. The van der Waals surface area contributed by atoms with E-state index in [2.05, 4.69) is 10.5 Å². The minimum atomic E-state index is -0.152. The van der Waals surface area contributed by atoms with Gasteiger partial charge in [0.2, 0.25) is 0 Å². The number of carbonyl (C=O) groups excluding carboxylic acids is 1. The van der Waals surface area contributed by atoms with Crippen molar-refractivity contribution in [2.45, 2.75) is 19.3 Å². The minimum Gasteiger partial charge on any atom is -0.496 e. The van der Waals surface area contributed by atoms with Crippen LogP contribution in [0.15, 0.2) is 35.4 Å². The molecule has 5 heteroatoms. The van der Waals surface area contributed by atoms with Gasteiger partial charge in [0.1, 0.15) is 5.75 Å². The third-order valence-electron chi connectivity index (χ3n) is 3.48. The molecule has 0 spiro atoms. The SMILES string of the molecule is COc1ccccc1/C=N\NC(=O)c1cc2c(s1)CCC2. The van der Waals surface area contributed by atoms with Crippen molar-refractivity contribution in [2.24, 2.45) is 5.10 Å². The number of benzene rings is 1. The van der Waals surface area contributed by atoms with E-state index in [4.69, 9.17) is 4.74 Å². The number of ether oxygens (including phenoxy) is 1. The summed E-state index contributed by atoms with van der Waals surface area (Å²) in [5, 5.41) is 4.01. The predicted molar refractivity (Wildman–Crippen MR) is 84.4 cm³/mol. The van der Waals surface area contributed by atoms with E-state index in [1.807, 2.05) is 30.3 Å². The Morgan fingerprint density at radius 1 is 1.38 bits per heavy atom. The molecule has 1 heterocycles. The summed E-state index contributed by atoms with van der Waals surface area (Å²) in [5.74, 6) is 0.575. The second-order valence-electron chi connectivity index (χ2n) is 4.85. The maximum Gasteiger partial charge on any atom is 0.281 e. The van der Waals surface area contributed by atoms with Gasteiger partial charge in [0.05, 0.1) is 18.2 Å². The van der Waals surface area contributed by atoms with Crippen LogP contribution in [0.3, 0.4) is 0 Å². The summed E-state index contributed by atoms with van der Waals surface area (Å²) in [6.07, 6.45) is 4.98. The van der Waals surface area contributed by atoms with Crippen molar-refractivity contribution in [3.8, 4) is 5.75 Å². The fraction of sp³-hybridized carbons (Fsp3) is 0.250. The number of hydrogen-bond acceptors (Lipinski definition) is 4. The zero-order valence-electron chi connectivity index (χ0n) is 11.8. The number of methoxy groups -OCH3 is 1. The van der Waals surface area contributed by atoms with Crippen LogP contribution in [-0.2, 0) is 12.8 Å². The van der Waals surface area contributed by atoms with Crippen LogP contribution in [0.2, 0.25) is 0 Å². The number of nitrogens with one attached hydrogen (secondary N) is 1. The molecule has 1 aliphatic rings. The Kier molecular flexibility index (Phi) is 4.01. The fourth-order valence-electron chi connectivity index (χ4n) is 2.43. The predicted octanol–water partition coefficient (Wildman–Crippen LogP) is 3.01. The lowest BCUT2D eigenvalue weighted by Crippen LogP contribution is -2.16. The summed E-state index contributed by atoms with van der Waals surface area (Å²) < 4.78 is 5.23. The topological polar surface area (TPSA) is 50.7 Å². The Bertz CT molecular complexity index is 670. The smallest absolute Gasteiger partial charge is 0.281 e. The molecule has 1 aromatic carbocycles. The van der Waals surface area contributed by atoms with Crippen LogP contribution in [-0.4, -0.2) is 19.2 Å². The number of fused-ring (bicyclic) bond motifs is 1. The average Bonchev–Trinajstić information content (AvgIpc) is 3.09. The number of hydrogen-bond donors (Lipinski definition) is 1. The number of carbonyl (C=O) groups is 1. The molecule has 0 saturated carbocycles. The summed E-state index contributed by atoms with van der Waals surface area (Å²) in [4.78, 5) is 14.1. The van der Waals surface area contributed by atoms with Crippen molar-refractivity contribution in [3.05, 3.63) is 51.2 Å². The van der Waals surface area contributed by atoms with E-state index in [1.54, 1.807) is 24.7 Å². The number of rotatable bonds is 4. The lowest BCUT2D eigenvalue weighted by molar-refractivity contribution is 0.0959. The van der Waals surface area contributed by atoms with Gasteiger partial charge in [-0.15, -0.1) is 11.3 Å². The van der Waals surface area contributed by atoms with Crippen LogP contribution in [0.1, 0.15) is 32.1 Å². The molecule has 0 aliphatic heterocycles. The molecule has 0 unspecified atom stereocenters. The first-order chi connectivity index (χ1) is 10.3. The average molecular weight is 300 g/mol. The van der Waals surface area contributed by atoms with Crippen molar-refractivity contribution in [1.29, 1.82) is 0 Å². The second-order valence-corrected chi connectivity index (χ2v) is 5.99. The van der Waals surface area contributed by atoms with E-state index in [9.17, 15) is 4.79 Å². The van der Waals surface area contributed by atoms with E-state index in [0.29, 0.717) is 0 Å². The van der Waals surface area contributed by atoms with Gasteiger partial charge in [-0.25, -0.2) is 5.43 Å². The number of hydrazone groups is 1. The van der Waals surface area contributed by atoms with Crippen molar-refractivity contribution < 1.29 is 9.53 Å². The number of thiophene rings is 1. The molecule has 4 nitrogen and oxygen atoms in total. The molecule has 1 aromatic heterocycles. The van der Waals surface area contributed by atoms with E-state index in [0.717, 1.165) is 29.0 Å². The zero-order valence-corrected chi connectivity index (χ0v) is 12.6. The number of amides is 1. The highest BCUT2D eigenvalue weighted by atomic mass is 32.1. The largest absolute Gasteiger partial charge is 0.496 e. The van der Waals surface area contributed by atoms with Crippen LogP contribution in [0.4, 0.5) is 0 Å². The molecule has 1 N–H and O–H groups in total. The van der Waals surface area contributed by atoms with Crippen LogP contribution in [0.5, 0.6) is 5.75 Å². The Labute approximate surface area is 127 Å². The highest BCUT2D eigenvalue weighted by Gasteiger charge is 2.18. The second kappa shape index (κ2) is 6.10. The third-order valence-corrected chi connectivity index (χ3v) is 4.71. The number of aryl methyl sites for hydroxylation is 2. The van der Waals surface area contributed by atoms with Gasteiger partial charge in [0.15, 0.2) is 0 Å². The highest BCUT2D eigenvalue weighted by Crippen LogP contribution is 2.30. The standard InChI is InChI=1S/C16H16N2O2S/c1-20-13-7-3-2-5-12(13)10-17-18-16(19)15-9-11-6-4-8-14(11)21-15/h2-3,5,7,9-10H,4,6,8H2,1H3,(H,18,19)/b17-10-. The van der Waals surface area contributed by atoms with Crippen molar-refractivity contribution >= 4 is 23.5 Å². The summed E-state index contributed by atoms with van der Waals surface area (Å²) in [7, 11) is 1.61. The summed E-state index contributed by atoms with van der Waals surface area (Å²) >= 11 is 1.57.